The molecule has 1 N–H and O–H groups in total. The van der Waals surface area contributed by atoms with Crippen molar-refractivity contribution in [3.8, 4) is 0 Å². The number of halogens is 2. The molecule has 1 saturated heterocycles. The molecule has 0 saturated carbocycles. The standard InChI is InChI=1S/C26H22Cl2N2O4S/c1-2-34-26(33)21-12-11-20(13-22(21)28)29-24(32)17-5-7-18(8-6-17)25-30(23(31)15-35-25)14-16-3-9-19(27)10-4-16/h3-13,25H,2,14-15H2,1H3,(H,29,32)/t25-/m0/s1. The number of nitrogens with one attached hydrogen (secondary N) is 1. The summed E-state index contributed by atoms with van der Waals surface area (Å²) in [6, 6.07) is 19.2. The Morgan fingerprint density at radius 3 is 2.43 bits per heavy atom. The summed E-state index contributed by atoms with van der Waals surface area (Å²) in [4.78, 5) is 39.0. The molecule has 0 aliphatic carbocycles. The third kappa shape index (κ3) is 5.99. The summed E-state index contributed by atoms with van der Waals surface area (Å²) in [5.74, 6) is -0.354. The minimum atomic E-state index is -0.515. The van der Waals surface area contributed by atoms with Gasteiger partial charge in [0.1, 0.15) is 5.37 Å². The predicted molar refractivity (Wildman–Crippen MR) is 139 cm³/mol. The molecule has 180 valence electrons. The fourth-order valence-corrected chi connectivity index (χ4v) is 5.23. The smallest absolute Gasteiger partial charge is 0.339 e. The Labute approximate surface area is 217 Å². The fourth-order valence-electron chi connectivity index (χ4n) is 3.66. The molecule has 0 unspecified atom stereocenters. The molecule has 1 heterocycles. The van der Waals surface area contributed by atoms with Crippen LogP contribution in [-0.4, -0.2) is 35.0 Å². The molecule has 3 aromatic carbocycles. The zero-order valence-corrected chi connectivity index (χ0v) is 21.1. The van der Waals surface area contributed by atoms with E-state index in [-0.39, 0.29) is 34.4 Å². The van der Waals surface area contributed by atoms with Crippen molar-refractivity contribution < 1.29 is 19.1 Å². The Kier molecular flexibility index (Phi) is 8.00. The van der Waals surface area contributed by atoms with Crippen LogP contribution in [0.25, 0.3) is 0 Å². The molecule has 4 rings (SSSR count). The fraction of sp³-hybridized carbons (Fsp3) is 0.192. The number of anilines is 1. The van der Waals surface area contributed by atoms with Gasteiger partial charge in [0.25, 0.3) is 5.91 Å². The van der Waals surface area contributed by atoms with Gasteiger partial charge in [-0.25, -0.2) is 4.79 Å². The van der Waals surface area contributed by atoms with E-state index in [0.29, 0.717) is 28.6 Å². The van der Waals surface area contributed by atoms with E-state index < -0.39 is 5.97 Å². The maximum Gasteiger partial charge on any atom is 0.339 e. The summed E-state index contributed by atoms with van der Waals surface area (Å²) in [6.07, 6.45) is 0. The van der Waals surface area contributed by atoms with Crippen LogP contribution in [0, 0.1) is 0 Å². The highest BCUT2D eigenvalue weighted by Gasteiger charge is 2.32. The molecule has 0 spiro atoms. The monoisotopic (exact) mass is 528 g/mol. The lowest BCUT2D eigenvalue weighted by molar-refractivity contribution is -0.128. The Bertz CT molecular complexity index is 1250. The molecule has 9 heteroatoms. The largest absolute Gasteiger partial charge is 0.462 e. The quantitative estimate of drug-likeness (QED) is 0.369. The van der Waals surface area contributed by atoms with E-state index in [1.807, 2.05) is 41.3 Å². The van der Waals surface area contributed by atoms with Crippen molar-refractivity contribution in [2.75, 3.05) is 17.7 Å². The van der Waals surface area contributed by atoms with Crippen LogP contribution in [0.1, 0.15) is 44.1 Å². The second kappa shape index (κ2) is 11.2. The van der Waals surface area contributed by atoms with Crippen molar-refractivity contribution in [3.05, 3.63) is 99.0 Å². The maximum atomic E-state index is 12.7. The van der Waals surface area contributed by atoms with Crippen molar-refractivity contribution in [3.63, 3.8) is 0 Å². The lowest BCUT2D eigenvalue weighted by atomic mass is 10.1. The average Bonchev–Trinajstić information content (AvgIpc) is 3.20. The summed E-state index contributed by atoms with van der Waals surface area (Å²) < 4.78 is 4.96. The number of nitrogens with zero attached hydrogens (tertiary/aromatic N) is 1. The third-order valence-corrected chi connectivity index (χ3v) is 7.24. The first-order chi connectivity index (χ1) is 16.9. The number of ether oxygens (including phenoxy) is 1. The highest BCUT2D eigenvalue weighted by atomic mass is 35.5. The third-order valence-electron chi connectivity index (χ3n) is 5.41. The van der Waals surface area contributed by atoms with E-state index in [1.54, 1.807) is 36.9 Å². The van der Waals surface area contributed by atoms with Crippen molar-refractivity contribution in [2.24, 2.45) is 0 Å². The zero-order chi connectivity index (χ0) is 24.9. The average molecular weight is 529 g/mol. The van der Waals surface area contributed by atoms with Gasteiger partial charge in [0, 0.05) is 22.8 Å². The van der Waals surface area contributed by atoms with Gasteiger partial charge < -0.3 is 15.0 Å². The minimum Gasteiger partial charge on any atom is -0.462 e. The van der Waals surface area contributed by atoms with Crippen LogP contribution in [-0.2, 0) is 16.1 Å². The molecule has 2 amide bonds. The summed E-state index contributed by atoms with van der Waals surface area (Å²) >= 11 is 13.7. The number of hydrogen-bond acceptors (Lipinski definition) is 5. The number of thioether (sulfide) groups is 1. The van der Waals surface area contributed by atoms with Gasteiger partial charge in [0.15, 0.2) is 0 Å². The van der Waals surface area contributed by atoms with Gasteiger partial charge in [0.2, 0.25) is 5.91 Å². The highest BCUT2D eigenvalue weighted by molar-refractivity contribution is 8.00. The second-order valence-electron chi connectivity index (χ2n) is 7.80. The number of carbonyl (C=O) groups excluding carboxylic acids is 3. The molecule has 0 bridgehead atoms. The Hall–Kier alpha value is -3.00. The van der Waals surface area contributed by atoms with Gasteiger partial charge >= 0.3 is 5.97 Å². The SMILES string of the molecule is CCOC(=O)c1ccc(NC(=O)c2ccc([C@@H]3SCC(=O)N3Cc3ccc(Cl)cc3)cc2)cc1Cl. The highest BCUT2D eigenvalue weighted by Crippen LogP contribution is 2.39. The molecule has 6 nitrogen and oxygen atoms in total. The number of hydrogen-bond donors (Lipinski definition) is 1. The Morgan fingerprint density at radius 2 is 1.77 bits per heavy atom. The zero-order valence-electron chi connectivity index (χ0n) is 18.8. The molecule has 1 aliphatic heterocycles. The van der Waals surface area contributed by atoms with Gasteiger partial charge in [0.05, 0.1) is 22.9 Å². The molecule has 1 atom stereocenters. The summed E-state index contributed by atoms with van der Waals surface area (Å²) in [5, 5.41) is 3.49. The lowest BCUT2D eigenvalue weighted by Gasteiger charge is -2.24. The molecule has 1 fully saturated rings. The van der Waals surface area contributed by atoms with E-state index >= 15 is 0 Å². The van der Waals surface area contributed by atoms with E-state index in [0.717, 1.165) is 11.1 Å². The van der Waals surface area contributed by atoms with Crippen LogP contribution in [0.3, 0.4) is 0 Å². The Morgan fingerprint density at radius 1 is 1.06 bits per heavy atom. The van der Waals surface area contributed by atoms with Gasteiger partial charge in [-0.3, -0.25) is 9.59 Å². The number of esters is 1. The van der Waals surface area contributed by atoms with Crippen LogP contribution in [0.2, 0.25) is 10.0 Å². The van der Waals surface area contributed by atoms with E-state index in [1.165, 1.54) is 12.1 Å². The maximum absolute atomic E-state index is 12.7. The molecule has 1 aliphatic rings. The van der Waals surface area contributed by atoms with Gasteiger partial charge in [-0.05, 0) is 60.5 Å². The summed E-state index contributed by atoms with van der Waals surface area (Å²) in [7, 11) is 0. The number of amides is 2. The number of benzene rings is 3. The topological polar surface area (TPSA) is 75.7 Å². The van der Waals surface area contributed by atoms with Gasteiger partial charge in [-0.2, -0.15) is 0 Å². The van der Waals surface area contributed by atoms with Crippen molar-refractivity contribution in [1.82, 2.24) is 4.90 Å². The molecule has 3 aromatic rings. The van der Waals surface area contributed by atoms with E-state index in [9.17, 15) is 14.4 Å². The van der Waals surface area contributed by atoms with Crippen molar-refractivity contribution in [2.45, 2.75) is 18.8 Å². The molecule has 0 radical (unpaired) electrons. The van der Waals surface area contributed by atoms with E-state index in [4.69, 9.17) is 27.9 Å². The first kappa shape index (κ1) is 25.1. The van der Waals surface area contributed by atoms with Crippen LogP contribution in [0.15, 0.2) is 66.7 Å². The van der Waals surface area contributed by atoms with E-state index in [2.05, 4.69) is 5.32 Å². The van der Waals surface area contributed by atoms with Crippen LogP contribution < -0.4 is 5.32 Å². The minimum absolute atomic E-state index is 0.0694. The number of rotatable bonds is 7. The molecular formula is C26H22Cl2N2O4S. The predicted octanol–water partition coefficient (Wildman–Crippen LogP) is 6.20. The second-order valence-corrected chi connectivity index (χ2v) is 9.71. The summed E-state index contributed by atoms with van der Waals surface area (Å²) in [6.45, 7) is 2.45. The van der Waals surface area contributed by atoms with Crippen LogP contribution >= 0.6 is 35.0 Å². The van der Waals surface area contributed by atoms with Crippen molar-refractivity contribution >= 4 is 58.4 Å². The Balaban J connectivity index is 1.44. The van der Waals surface area contributed by atoms with Gasteiger partial charge in [-0.15, -0.1) is 11.8 Å². The summed E-state index contributed by atoms with van der Waals surface area (Å²) in [5.41, 5.74) is 3.09. The molecule has 0 aromatic heterocycles. The number of carbonyl (C=O) groups is 3. The first-order valence-electron chi connectivity index (χ1n) is 10.9. The van der Waals surface area contributed by atoms with Gasteiger partial charge in [-0.1, -0.05) is 47.5 Å². The normalized spacial score (nSPS) is 15.2. The lowest BCUT2D eigenvalue weighted by Crippen LogP contribution is -2.27. The van der Waals surface area contributed by atoms with Crippen LogP contribution in [0.5, 0.6) is 0 Å². The molecular weight excluding hydrogens is 507 g/mol. The van der Waals surface area contributed by atoms with Crippen molar-refractivity contribution in [1.29, 1.82) is 0 Å². The molecule has 35 heavy (non-hydrogen) atoms. The first-order valence-corrected chi connectivity index (χ1v) is 12.7. The van der Waals surface area contributed by atoms with Crippen LogP contribution in [0.4, 0.5) is 5.69 Å².